The Morgan fingerprint density at radius 2 is 1.54 bits per heavy atom. The van der Waals surface area contributed by atoms with Crippen LogP contribution in [0.2, 0.25) is 0 Å². The van der Waals surface area contributed by atoms with Crippen LogP contribution >= 0.6 is 0 Å². The lowest BCUT2D eigenvalue weighted by Crippen LogP contribution is -2.19. The minimum absolute atomic E-state index is 0.00277. The van der Waals surface area contributed by atoms with Crippen LogP contribution < -0.4 is 5.32 Å². The summed E-state index contributed by atoms with van der Waals surface area (Å²) in [7, 11) is 1.76. The molecule has 0 fully saturated rings. The Kier molecular flexibility index (Phi) is 7.26. The lowest BCUT2D eigenvalue weighted by atomic mass is 10.00. The summed E-state index contributed by atoms with van der Waals surface area (Å²) in [5.74, 6) is -0.305. The fourth-order valence-corrected chi connectivity index (χ4v) is 3.94. The van der Waals surface area contributed by atoms with Crippen LogP contribution in [0.4, 0.5) is 10.6 Å². The Bertz CT molecular complexity index is 1300. The predicted molar refractivity (Wildman–Crippen MR) is 135 cm³/mol. The molecule has 4 aromatic rings. The van der Waals surface area contributed by atoms with Crippen LogP contribution in [0.5, 0.6) is 0 Å². The number of benzene rings is 3. The second-order valence-corrected chi connectivity index (χ2v) is 8.21. The summed E-state index contributed by atoms with van der Waals surface area (Å²) in [6, 6.07) is 25.0. The highest BCUT2D eigenvalue weighted by Crippen LogP contribution is 2.31. The zero-order valence-electron chi connectivity index (χ0n) is 19.6. The highest BCUT2D eigenvalue weighted by atomic mass is 16.6. The van der Waals surface area contributed by atoms with Crippen molar-refractivity contribution in [2.75, 3.05) is 5.32 Å². The van der Waals surface area contributed by atoms with Crippen LogP contribution in [0.15, 0.2) is 85.1 Å². The molecule has 4 rings (SSSR count). The van der Waals surface area contributed by atoms with Crippen molar-refractivity contribution in [3.63, 3.8) is 0 Å². The summed E-state index contributed by atoms with van der Waals surface area (Å²) in [5.41, 5.74) is 5.37. The number of hydrogen-bond acceptors (Lipinski definition) is 4. The lowest BCUT2D eigenvalue weighted by molar-refractivity contribution is -0.136. The Hall–Kier alpha value is -4.39. The van der Waals surface area contributed by atoms with Gasteiger partial charge in [0, 0.05) is 12.6 Å². The van der Waals surface area contributed by atoms with Crippen molar-refractivity contribution in [2.45, 2.75) is 25.9 Å². The first-order valence-corrected chi connectivity index (χ1v) is 11.4. The monoisotopic (exact) mass is 469 g/mol. The van der Waals surface area contributed by atoms with E-state index in [9.17, 15) is 9.59 Å². The molecule has 0 spiro atoms. The molecule has 35 heavy (non-hydrogen) atoms. The number of carbonyl (C=O) groups is 2. The fraction of sp³-hybridized carbons (Fsp3) is 0.179. The summed E-state index contributed by atoms with van der Waals surface area (Å²) < 4.78 is 7.29. The molecule has 1 heterocycles. The quantitative estimate of drug-likeness (QED) is 0.326. The maximum Gasteiger partial charge on any atom is 0.413 e. The third-order valence-corrected chi connectivity index (χ3v) is 5.79. The van der Waals surface area contributed by atoms with Gasteiger partial charge in [0.2, 0.25) is 0 Å². The number of carboxylic acids is 1. The highest BCUT2D eigenvalue weighted by molar-refractivity contribution is 5.90. The molecule has 1 aromatic heterocycles. The molecule has 0 aliphatic heterocycles. The van der Waals surface area contributed by atoms with Crippen LogP contribution in [0.1, 0.15) is 30.6 Å². The third kappa shape index (κ3) is 5.76. The van der Waals surface area contributed by atoms with E-state index in [1.165, 1.54) is 0 Å². The molecule has 0 saturated carbocycles. The van der Waals surface area contributed by atoms with Crippen molar-refractivity contribution >= 4 is 17.9 Å². The summed E-state index contributed by atoms with van der Waals surface area (Å²) in [6.07, 6.45) is 1.49. The maximum absolute atomic E-state index is 12.7. The third-order valence-electron chi connectivity index (χ3n) is 5.79. The summed E-state index contributed by atoms with van der Waals surface area (Å²) in [6.45, 7) is 1.97. The van der Waals surface area contributed by atoms with E-state index in [2.05, 4.69) is 10.4 Å². The van der Waals surface area contributed by atoms with E-state index in [0.717, 1.165) is 33.4 Å². The number of aliphatic carboxylic acids is 1. The molecular formula is C28H27N3O4. The standard InChI is InChI=1S/C28H27N3O4/c1-3-25(23-7-5-4-6-8-23)35-28(34)30-27-24(18-29-31(27)2)22-15-13-21(14-16-22)20-11-9-19(10-12-20)17-26(32)33/h4-16,18,25H,3,17H2,1-2H3,(H,30,34)(H,32,33). The number of anilines is 1. The van der Waals surface area contributed by atoms with Gasteiger partial charge in [-0.1, -0.05) is 85.8 Å². The molecule has 1 unspecified atom stereocenters. The smallest absolute Gasteiger partial charge is 0.413 e. The van der Waals surface area contributed by atoms with E-state index in [4.69, 9.17) is 9.84 Å². The second-order valence-electron chi connectivity index (χ2n) is 8.21. The van der Waals surface area contributed by atoms with Gasteiger partial charge in [-0.15, -0.1) is 0 Å². The SMILES string of the molecule is CCC(OC(=O)Nc1c(-c2ccc(-c3ccc(CC(=O)O)cc3)cc2)cnn1C)c1ccccc1. The zero-order chi connectivity index (χ0) is 24.8. The Balaban J connectivity index is 1.49. The number of aryl methyl sites for hydroxylation is 1. The van der Waals surface area contributed by atoms with E-state index in [-0.39, 0.29) is 12.5 Å². The van der Waals surface area contributed by atoms with E-state index in [0.29, 0.717) is 12.2 Å². The van der Waals surface area contributed by atoms with Gasteiger partial charge in [0.05, 0.1) is 12.6 Å². The normalized spacial score (nSPS) is 11.6. The van der Waals surface area contributed by atoms with Gasteiger partial charge < -0.3 is 9.84 Å². The summed E-state index contributed by atoms with van der Waals surface area (Å²) >= 11 is 0. The van der Waals surface area contributed by atoms with E-state index in [1.54, 1.807) is 17.9 Å². The van der Waals surface area contributed by atoms with Crippen molar-refractivity contribution in [2.24, 2.45) is 7.05 Å². The molecule has 0 aliphatic carbocycles. The molecule has 178 valence electrons. The minimum Gasteiger partial charge on any atom is -0.481 e. The van der Waals surface area contributed by atoms with Crippen molar-refractivity contribution in [1.82, 2.24) is 9.78 Å². The molecule has 0 radical (unpaired) electrons. The highest BCUT2D eigenvalue weighted by Gasteiger charge is 2.18. The molecule has 1 atom stereocenters. The predicted octanol–water partition coefficient (Wildman–Crippen LogP) is 6.08. The van der Waals surface area contributed by atoms with Crippen LogP contribution in [-0.4, -0.2) is 26.9 Å². The topological polar surface area (TPSA) is 93.4 Å². The number of nitrogens with zero attached hydrogens (tertiary/aromatic N) is 2. The van der Waals surface area contributed by atoms with Gasteiger partial charge in [-0.05, 0) is 34.2 Å². The van der Waals surface area contributed by atoms with Gasteiger partial charge in [0.1, 0.15) is 11.9 Å². The number of carbonyl (C=O) groups excluding carboxylic acids is 1. The number of ether oxygens (including phenoxy) is 1. The Morgan fingerprint density at radius 1 is 0.943 bits per heavy atom. The molecule has 7 nitrogen and oxygen atoms in total. The van der Waals surface area contributed by atoms with Gasteiger partial charge >= 0.3 is 12.1 Å². The molecule has 1 amide bonds. The first-order valence-electron chi connectivity index (χ1n) is 11.4. The van der Waals surface area contributed by atoms with Gasteiger partial charge in [0.25, 0.3) is 0 Å². The van der Waals surface area contributed by atoms with Crippen LogP contribution in [0.25, 0.3) is 22.3 Å². The number of hydrogen-bond donors (Lipinski definition) is 2. The van der Waals surface area contributed by atoms with Crippen molar-refractivity contribution in [3.05, 3.63) is 96.2 Å². The first-order chi connectivity index (χ1) is 16.9. The summed E-state index contributed by atoms with van der Waals surface area (Å²) in [5, 5.41) is 16.1. The molecule has 2 N–H and O–H groups in total. The van der Waals surface area contributed by atoms with Crippen molar-refractivity contribution < 1.29 is 19.4 Å². The molecule has 0 aliphatic rings. The number of carboxylic acid groups (broad SMARTS) is 1. The van der Waals surface area contributed by atoms with E-state index >= 15 is 0 Å². The molecular weight excluding hydrogens is 442 g/mol. The molecule has 7 heteroatoms. The average molecular weight is 470 g/mol. The number of amides is 1. The second kappa shape index (κ2) is 10.7. The number of rotatable bonds is 8. The Labute approximate surface area is 204 Å². The van der Waals surface area contributed by atoms with E-state index < -0.39 is 12.1 Å². The maximum atomic E-state index is 12.7. The minimum atomic E-state index is -0.850. The van der Waals surface area contributed by atoms with Crippen LogP contribution in [-0.2, 0) is 23.0 Å². The first kappa shape index (κ1) is 23.8. The van der Waals surface area contributed by atoms with Crippen LogP contribution in [0, 0.1) is 0 Å². The van der Waals surface area contributed by atoms with Crippen molar-refractivity contribution in [3.8, 4) is 22.3 Å². The average Bonchev–Trinajstić information content (AvgIpc) is 3.23. The molecule has 0 bridgehead atoms. The van der Waals surface area contributed by atoms with Crippen LogP contribution in [0.3, 0.4) is 0 Å². The van der Waals surface area contributed by atoms with E-state index in [1.807, 2.05) is 85.8 Å². The number of aromatic nitrogens is 2. The van der Waals surface area contributed by atoms with Gasteiger partial charge in [-0.2, -0.15) is 5.10 Å². The lowest BCUT2D eigenvalue weighted by Gasteiger charge is -2.17. The summed E-state index contributed by atoms with van der Waals surface area (Å²) in [4.78, 5) is 23.6. The molecule has 0 saturated heterocycles. The van der Waals surface area contributed by atoms with Gasteiger partial charge in [-0.25, -0.2) is 4.79 Å². The zero-order valence-corrected chi connectivity index (χ0v) is 19.6. The largest absolute Gasteiger partial charge is 0.481 e. The van der Waals surface area contributed by atoms with Gasteiger partial charge in [0.15, 0.2) is 0 Å². The number of nitrogens with one attached hydrogen (secondary N) is 1. The fourth-order valence-electron chi connectivity index (χ4n) is 3.94. The Morgan fingerprint density at radius 3 is 2.14 bits per heavy atom. The van der Waals surface area contributed by atoms with Gasteiger partial charge in [-0.3, -0.25) is 14.8 Å². The van der Waals surface area contributed by atoms with Crippen molar-refractivity contribution in [1.29, 1.82) is 0 Å². The molecule has 3 aromatic carbocycles.